The highest BCUT2D eigenvalue weighted by atomic mass is 16.4. The Morgan fingerprint density at radius 2 is 2.21 bits per heavy atom. The first-order chi connectivity index (χ1) is 11.5. The summed E-state index contributed by atoms with van der Waals surface area (Å²) in [6.45, 7) is 11.7. The van der Waals surface area contributed by atoms with E-state index in [9.17, 15) is 0 Å². The molecule has 0 bridgehead atoms. The van der Waals surface area contributed by atoms with E-state index >= 15 is 0 Å². The van der Waals surface area contributed by atoms with E-state index in [0.717, 1.165) is 24.5 Å². The molecule has 130 valence electrons. The molecule has 2 heterocycles. The Labute approximate surface area is 143 Å². The highest BCUT2D eigenvalue weighted by Gasteiger charge is 2.18. The van der Waals surface area contributed by atoms with Crippen molar-refractivity contribution in [3.63, 3.8) is 0 Å². The number of aromatic nitrogens is 1. The first kappa shape index (κ1) is 17.8. The van der Waals surface area contributed by atoms with Gasteiger partial charge in [-0.3, -0.25) is 0 Å². The third-order valence-electron chi connectivity index (χ3n) is 3.32. The standard InChI is InChI=1S/C18H26N4O2/c1-5-9-19-17(20-10-8-14-7-6-11-23-14)22-13-16-21-12-15(24-16)18(2,3)4/h5-7,11-12H,1,8-10,13H2,2-4H3,(H2,19,20,22). The number of oxazole rings is 1. The highest BCUT2D eigenvalue weighted by molar-refractivity contribution is 5.79. The Morgan fingerprint density at radius 1 is 1.38 bits per heavy atom. The molecule has 0 saturated carbocycles. The van der Waals surface area contributed by atoms with Gasteiger partial charge in [0.1, 0.15) is 18.1 Å². The molecular formula is C18H26N4O2. The van der Waals surface area contributed by atoms with E-state index < -0.39 is 0 Å². The van der Waals surface area contributed by atoms with Gasteiger partial charge in [0.2, 0.25) is 5.89 Å². The monoisotopic (exact) mass is 330 g/mol. The summed E-state index contributed by atoms with van der Waals surface area (Å²) in [6, 6.07) is 3.84. The molecule has 0 radical (unpaired) electrons. The Balaban J connectivity index is 1.91. The molecule has 6 nitrogen and oxygen atoms in total. The van der Waals surface area contributed by atoms with Crippen LogP contribution >= 0.6 is 0 Å². The normalized spacial score (nSPS) is 12.2. The fraction of sp³-hybridized carbons (Fsp3) is 0.444. The van der Waals surface area contributed by atoms with Crippen LogP contribution in [0.2, 0.25) is 0 Å². The molecule has 2 aromatic rings. The number of hydrogen-bond acceptors (Lipinski definition) is 4. The lowest BCUT2D eigenvalue weighted by Gasteiger charge is -2.13. The van der Waals surface area contributed by atoms with Crippen LogP contribution in [0, 0.1) is 0 Å². The lowest BCUT2D eigenvalue weighted by atomic mass is 9.94. The summed E-state index contributed by atoms with van der Waals surface area (Å²) < 4.78 is 11.1. The fourth-order valence-corrected chi connectivity index (χ4v) is 1.98. The molecule has 24 heavy (non-hydrogen) atoms. The molecule has 0 amide bonds. The van der Waals surface area contributed by atoms with E-state index in [4.69, 9.17) is 8.83 Å². The predicted molar refractivity (Wildman–Crippen MR) is 95.0 cm³/mol. The van der Waals surface area contributed by atoms with Gasteiger partial charge in [-0.25, -0.2) is 9.98 Å². The van der Waals surface area contributed by atoms with E-state index in [1.165, 1.54) is 0 Å². The minimum Gasteiger partial charge on any atom is -0.469 e. The van der Waals surface area contributed by atoms with Gasteiger partial charge in [-0.2, -0.15) is 0 Å². The summed E-state index contributed by atoms with van der Waals surface area (Å²) in [7, 11) is 0. The number of aliphatic imine (C=N–C) groups is 1. The largest absolute Gasteiger partial charge is 0.469 e. The second-order valence-corrected chi connectivity index (χ2v) is 6.46. The van der Waals surface area contributed by atoms with Crippen molar-refractivity contribution in [1.82, 2.24) is 15.6 Å². The highest BCUT2D eigenvalue weighted by Crippen LogP contribution is 2.22. The van der Waals surface area contributed by atoms with Gasteiger partial charge in [-0.05, 0) is 12.1 Å². The number of guanidine groups is 1. The first-order valence-electron chi connectivity index (χ1n) is 8.09. The number of nitrogens with one attached hydrogen (secondary N) is 2. The Bertz CT molecular complexity index is 651. The molecule has 2 aromatic heterocycles. The maximum absolute atomic E-state index is 5.76. The topological polar surface area (TPSA) is 75.6 Å². The zero-order valence-electron chi connectivity index (χ0n) is 14.6. The predicted octanol–water partition coefficient (Wildman–Crippen LogP) is 3.03. The molecule has 2 rings (SSSR count). The lowest BCUT2D eigenvalue weighted by molar-refractivity contribution is 0.383. The zero-order chi connectivity index (χ0) is 17.4. The van der Waals surface area contributed by atoms with Gasteiger partial charge in [-0.1, -0.05) is 26.8 Å². The summed E-state index contributed by atoms with van der Waals surface area (Å²) in [4.78, 5) is 8.80. The quantitative estimate of drug-likeness (QED) is 0.464. The van der Waals surface area contributed by atoms with Gasteiger partial charge in [0, 0.05) is 24.9 Å². The molecule has 2 N–H and O–H groups in total. The summed E-state index contributed by atoms with van der Waals surface area (Å²) >= 11 is 0. The Kier molecular flexibility index (Phi) is 6.23. The van der Waals surface area contributed by atoms with Gasteiger partial charge in [0.15, 0.2) is 5.96 Å². The van der Waals surface area contributed by atoms with Crippen LogP contribution in [0.1, 0.15) is 38.2 Å². The van der Waals surface area contributed by atoms with Crippen LogP contribution in [0.25, 0.3) is 0 Å². The van der Waals surface area contributed by atoms with Gasteiger partial charge in [-0.15, -0.1) is 6.58 Å². The molecule has 0 aromatic carbocycles. The third-order valence-corrected chi connectivity index (χ3v) is 3.32. The van der Waals surface area contributed by atoms with Crippen LogP contribution < -0.4 is 10.6 Å². The Morgan fingerprint density at radius 3 is 2.83 bits per heavy atom. The van der Waals surface area contributed by atoms with Crippen LogP contribution in [0.5, 0.6) is 0 Å². The molecule has 0 spiro atoms. The molecule has 0 unspecified atom stereocenters. The second kappa shape index (κ2) is 8.38. The minimum atomic E-state index is -0.0554. The molecule has 0 aliphatic heterocycles. The van der Waals surface area contributed by atoms with Gasteiger partial charge in [0.25, 0.3) is 0 Å². The second-order valence-electron chi connectivity index (χ2n) is 6.46. The molecule has 0 aliphatic carbocycles. The van der Waals surface area contributed by atoms with E-state index in [0.29, 0.717) is 24.9 Å². The van der Waals surface area contributed by atoms with Crippen LogP contribution in [0.3, 0.4) is 0 Å². The molecule has 6 heteroatoms. The number of hydrogen-bond donors (Lipinski definition) is 2. The average Bonchev–Trinajstić information content (AvgIpc) is 3.20. The van der Waals surface area contributed by atoms with Crippen LogP contribution in [-0.2, 0) is 18.4 Å². The van der Waals surface area contributed by atoms with Crippen molar-refractivity contribution in [2.24, 2.45) is 4.99 Å². The average molecular weight is 330 g/mol. The van der Waals surface area contributed by atoms with Crippen molar-refractivity contribution in [2.45, 2.75) is 39.2 Å². The van der Waals surface area contributed by atoms with Crippen LogP contribution in [0.15, 0.2) is 51.1 Å². The van der Waals surface area contributed by atoms with Crippen molar-refractivity contribution < 1.29 is 8.83 Å². The van der Waals surface area contributed by atoms with E-state index in [1.807, 2.05) is 12.1 Å². The molecular weight excluding hydrogens is 304 g/mol. The van der Waals surface area contributed by atoms with Gasteiger partial charge >= 0.3 is 0 Å². The number of nitrogens with zero attached hydrogens (tertiary/aromatic N) is 2. The van der Waals surface area contributed by atoms with E-state index in [-0.39, 0.29) is 5.41 Å². The maximum atomic E-state index is 5.76. The summed E-state index contributed by atoms with van der Waals surface area (Å²) in [5.74, 6) is 3.09. The van der Waals surface area contributed by atoms with Crippen molar-refractivity contribution >= 4 is 5.96 Å². The molecule has 0 aliphatic rings. The Hall–Kier alpha value is -2.50. The number of furan rings is 1. The number of rotatable bonds is 7. The van der Waals surface area contributed by atoms with Gasteiger partial charge in [0.05, 0.1) is 12.5 Å². The molecule has 0 fully saturated rings. The van der Waals surface area contributed by atoms with Crippen LogP contribution in [0.4, 0.5) is 0 Å². The summed E-state index contributed by atoms with van der Waals surface area (Å²) in [5.41, 5.74) is -0.0554. The van der Waals surface area contributed by atoms with Crippen molar-refractivity contribution in [2.75, 3.05) is 13.1 Å². The first-order valence-corrected chi connectivity index (χ1v) is 8.09. The fourth-order valence-electron chi connectivity index (χ4n) is 1.98. The summed E-state index contributed by atoms with van der Waals surface area (Å²) in [5, 5.41) is 6.44. The summed E-state index contributed by atoms with van der Waals surface area (Å²) in [6.07, 6.45) is 6.02. The molecule has 0 atom stereocenters. The zero-order valence-corrected chi connectivity index (χ0v) is 14.6. The minimum absolute atomic E-state index is 0.0554. The third kappa shape index (κ3) is 5.61. The van der Waals surface area contributed by atoms with Gasteiger partial charge < -0.3 is 19.5 Å². The van der Waals surface area contributed by atoms with Crippen molar-refractivity contribution in [3.8, 4) is 0 Å². The lowest BCUT2D eigenvalue weighted by Crippen LogP contribution is -2.38. The SMILES string of the molecule is C=CCNC(=NCc1ncc(C(C)(C)C)o1)NCCc1ccco1. The maximum Gasteiger partial charge on any atom is 0.216 e. The molecule has 0 saturated heterocycles. The van der Waals surface area contributed by atoms with Crippen LogP contribution in [-0.4, -0.2) is 24.0 Å². The van der Waals surface area contributed by atoms with Crippen molar-refractivity contribution in [3.05, 3.63) is 54.7 Å². The smallest absolute Gasteiger partial charge is 0.216 e. The van der Waals surface area contributed by atoms with E-state index in [2.05, 4.69) is 48.0 Å². The van der Waals surface area contributed by atoms with Crippen molar-refractivity contribution in [1.29, 1.82) is 0 Å². The van der Waals surface area contributed by atoms with E-state index in [1.54, 1.807) is 18.5 Å².